The maximum absolute atomic E-state index is 3.71. The molecule has 0 aliphatic carbocycles. The molecule has 0 fully saturated rings. The zero-order chi connectivity index (χ0) is 15.3. The van der Waals surface area contributed by atoms with Gasteiger partial charge in [0, 0.05) is 9.61 Å². The molecule has 120 valence electrons. The van der Waals surface area contributed by atoms with Crippen LogP contribution in [0.4, 0.5) is 0 Å². The smallest absolute Gasteiger partial charge is 0.0320 e. The summed E-state index contributed by atoms with van der Waals surface area (Å²) in [5.74, 6) is 0. The molecule has 1 aromatic rings. The van der Waals surface area contributed by atoms with E-state index in [0.29, 0.717) is 6.04 Å². The number of benzene rings is 1. The van der Waals surface area contributed by atoms with Gasteiger partial charge >= 0.3 is 0 Å². The second kappa shape index (κ2) is 12.5. The van der Waals surface area contributed by atoms with Gasteiger partial charge in [0.15, 0.2) is 0 Å². The van der Waals surface area contributed by atoms with E-state index in [9.17, 15) is 0 Å². The van der Waals surface area contributed by atoms with Crippen molar-refractivity contribution in [2.24, 2.45) is 0 Å². The van der Waals surface area contributed by atoms with Crippen molar-refractivity contribution in [1.29, 1.82) is 0 Å². The minimum Gasteiger partial charge on any atom is -0.310 e. The maximum Gasteiger partial charge on any atom is 0.0320 e. The number of hydrogen-bond acceptors (Lipinski definition) is 1. The van der Waals surface area contributed by atoms with Crippen LogP contribution in [0.25, 0.3) is 0 Å². The van der Waals surface area contributed by atoms with E-state index in [4.69, 9.17) is 0 Å². The van der Waals surface area contributed by atoms with Crippen LogP contribution in [0.5, 0.6) is 0 Å². The molecule has 0 heterocycles. The normalized spacial score (nSPS) is 12.5. The molecule has 0 aromatic heterocycles. The summed E-state index contributed by atoms with van der Waals surface area (Å²) in [6.45, 7) is 5.64. The fraction of sp³-hybridized carbons (Fsp3) is 0.684. The first kappa shape index (κ1) is 19.0. The lowest BCUT2D eigenvalue weighted by Crippen LogP contribution is -2.22. The minimum atomic E-state index is 0.539. The Balaban J connectivity index is 2.31. The number of halogens is 1. The van der Waals surface area contributed by atoms with Crippen molar-refractivity contribution in [3.63, 3.8) is 0 Å². The Labute approximate surface area is 145 Å². The molecule has 1 aromatic carbocycles. The Bertz CT molecular complexity index is 347. The Morgan fingerprint density at radius 2 is 1.48 bits per heavy atom. The van der Waals surface area contributed by atoms with Crippen molar-refractivity contribution in [3.8, 4) is 0 Å². The first-order valence-corrected chi connectivity index (χ1v) is 9.84. The molecule has 0 saturated heterocycles. The predicted octanol–water partition coefficient (Wildman–Crippen LogP) is 6.47. The molecule has 1 unspecified atom stereocenters. The maximum atomic E-state index is 3.71. The third-order valence-electron chi connectivity index (χ3n) is 4.01. The molecule has 1 rings (SSSR count). The number of rotatable bonds is 12. The van der Waals surface area contributed by atoms with Crippen LogP contribution in [0.2, 0.25) is 0 Å². The average Bonchev–Trinajstić information content (AvgIpc) is 2.50. The number of unbranched alkanes of at least 4 members (excludes halogenated alkanes) is 6. The molecule has 2 heteroatoms. The standard InChI is InChI=1S/C19H32IN/c1-3-5-6-7-8-9-10-11-19(21-16-4-2)17-12-14-18(20)15-13-17/h12-15,19,21H,3-11,16H2,1-2H3. The quantitative estimate of drug-likeness (QED) is 0.313. The summed E-state index contributed by atoms with van der Waals surface area (Å²) >= 11 is 2.38. The summed E-state index contributed by atoms with van der Waals surface area (Å²) in [6, 6.07) is 9.56. The Morgan fingerprint density at radius 3 is 2.10 bits per heavy atom. The second-order valence-electron chi connectivity index (χ2n) is 5.97. The van der Waals surface area contributed by atoms with E-state index in [-0.39, 0.29) is 0 Å². The second-order valence-corrected chi connectivity index (χ2v) is 7.21. The van der Waals surface area contributed by atoms with Gasteiger partial charge in [-0.2, -0.15) is 0 Å². The van der Waals surface area contributed by atoms with Crippen LogP contribution >= 0.6 is 22.6 Å². The first-order valence-electron chi connectivity index (χ1n) is 8.76. The zero-order valence-corrected chi connectivity index (χ0v) is 16.0. The van der Waals surface area contributed by atoms with Gasteiger partial charge in [0.1, 0.15) is 0 Å². The van der Waals surface area contributed by atoms with Crippen molar-refractivity contribution in [2.75, 3.05) is 6.54 Å². The zero-order valence-electron chi connectivity index (χ0n) is 13.8. The monoisotopic (exact) mass is 401 g/mol. The van der Waals surface area contributed by atoms with Crippen molar-refractivity contribution >= 4 is 22.6 Å². The van der Waals surface area contributed by atoms with Gasteiger partial charge in [0.2, 0.25) is 0 Å². The summed E-state index contributed by atoms with van der Waals surface area (Å²) < 4.78 is 1.32. The summed E-state index contributed by atoms with van der Waals surface area (Å²) in [5.41, 5.74) is 1.45. The highest BCUT2D eigenvalue weighted by molar-refractivity contribution is 14.1. The number of nitrogens with one attached hydrogen (secondary N) is 1. The lowest BCUT2D eigenvalue weighted by molar-refractivity contribution is 0.465. The fourth-order valence-corrected chi connectivity index (χ4v) is 3.07. The van der Waals surface area contributed by atoms with Gasteiger partial charge in [-0.1, -0.05) is 70.9 Å². The highest BCUT2D eigenvalue weighted by atomic mass is 127. The first-order chi connectivity index (χ1) is 10.3. The highest BCUT2D eigenvalue weighted by Crippen LogP contribution is 2.21. The van der Waals surface area contributed by atoms with Crippen LogP contribution in [0.3, 0.4) is 0 Å². The molecule has 0 saturated carbocycles. The highest BCUT2D eigenvalue weighted by Gasteiger charge is 2.09. The van der Waals surface area contributed by atoms with E-state index in [1.165, 1.54) is 66.9 Å². The van der Waals surface area contributed by atoms with Gasteiger partial charge < -0.3 is 5.32 Å². The van der Waals surface area contributed by atoms with Crippen LogP contribution in [0, 0.1) is 3.57 Å². The molecule has 0 bridgehead atoms. The summed E-state index contributed by atoms with van der Waals surface area (Å²) in [5, 5.41) is 3.71. The van der Waals surface area contributed by atoms with E-state index < -0.39 is 0 Å². The van der Waals surface area contributed by atoms with Gasteiger partial charge in [-0.15, -0.1) is 0 Å². The van der Waals surface area contributed by atoms with E-state index in [0.717, 1.165) is 6.54 Å². The van der Waals surface area contributed by atoms with Crippen LogP contribution in [0.15, 0.2) is 24.3 Å². The lowest BCUT2D eigenvalue weighted by atomic mass is 9.99. The van der Waals surface area contributed by atoms with Gasteiger partial charge in [0.25, 0.3) is 0 Å². The van der Waals surface area contributed by atoms with Crippen molar-refractivity contribution in [1.82, 2.24) is 5.32 Å². The van der Waals surface area contributed by atoms with Crippen LogP contribution in [0.1, 0.15) is 83.2 Å². The van der Waals surface area contributed by atoms with Gasteiger partial charge in [-0.05, 0) is 59.7 Å². The molecule has 0 aliphatic rings. The van der Waals surface area contributed by atoms with Gasteiger partial charge in [-0.25, -0.2) is 0 Å². The Morgan fingerprint density at radius 1 is 0.857 bits per heavy atom. The van der Waals surface area contributed by atoms with Crippen LogP contribution in [-0.4, -0.2) is 6.54 Å². The molecule has 0 spiro atoms. The van der Waals surface area contributed by atoms with Gasteiger partial charge in [0.05, 0.1) is 0 Å². The summed E-state index contributed by atoms with van der Waals surface area (Å²) in [7, 11) is 0. The van der Waals surface area contributed by atoms with Crippen LogP contribution < -0.4 is 5.32 Å². The van der Waals surface area contributed by atoms with Crippen molar-refractivity contribution in [3.05, 3.63) is 33.4 Å². The molecular formula is C19H32IN. The molecular weight excluding hydrogens is 369 g/mol. The molecule has 0 amide bonds. The lowest BCUT2D eigenvalue weighted by Gasteiger charge is -2.19. The van der Waals surface area contributed by atoms with E-state index in [1.54, 1.807) is 0 Å². The van der Waals surface area contributed by atoms with E-state index in [1.807, 2.05) is 0 Å². The molecule has 0 aliphatic heterocycles. The molecule has 21 heavy (non-hydrogen) atoms. The van der Waals surface area contributed by atoms with Crippen LogP contribution in [-0.2, 0) is 0 Å². The van der Waals surface area contributed by atoms with Crippen molar-refractivity contribution in [2.45, 2.75) is 77.7 Å². The van der Waals surface area contributed by atoms with E-state index >= 15 is 0 Å². The summed E-state index contributed by atoms with van der Waals surface area (Å²) in [6.07, 6.45) is 12.2. The third kappa shape index (κ3) is 8.82. The summed E-state index contributed by atoms with van der Waals surface area (Å²) in [4.78, 5) is 0. The molecule has 1 N–H and O–H groups in total. The van der Waals surface area contributed by atoms with Gasteiger partial charge in [-0.3, -0.25) is 0 Å². The molecule has 1 atom stereocenters. The number of hydrogen-bond donors (Lipinski definition) is 1. The Hall–Kier alpha value is -0.0900. The predicted molar refractivity (Wildman–Crippen MR) is 103 cm³/mol. The SMILES string of the molecule is CCCCCCCCCC(NCCC)c1ccc(I)cc1. The third-order valence-corrected chi connectivity index (χ3v) is 4.73. The van der Waals surface area contributed by atoms with Crippen molar-refractivity contribution < 1.29 is 0 Å². The largest absolute Gasteiger partial charge is 0.310 e. The van der Waals surface area contributed by atoms with E-state index in [2.05, 4.69) is 66.0 Å². The fourth-order valence-electron chi connectivity index (χ4n) is 2.71. The molecule has 0 radical (unpaired) electrons. The topological polar surface area (TPSA) is 12.0 Å². The Kier molecular flexibility index (Phi) is 11.2. The molecule has 1 nitrogen and oxygen atoms in total. The minimum absolute atomic E-state index is 0.539. The average molecular weight is 401 g/mol.